The number of hydrogen-bond acceptors (Lipinski definition) is 2. The van der Waals surface area contributed by atoms with Crippen molar-refractivity contribution < 1.29 is 4.65 Å². The number of quaternary nitrogens is 1. The lowest BCUT2D eigenvalue weighted by Gasteiger charge is -2.38. The topological polar surface area (TPSA) is 40.0 Å². The molecule has 122 valence electrons. The maximum Gasteiger partial charge on any atom is 0.132 e. The van der Waals surface area contributed by atoms with Crippen LogP contribution in [0.5, 0.6) is 0 Å². The molecule has 1 aromatic heterocycles. The first-order valence-corrected chi connectivity index (χ1v) is 8.80. The maximum absolute atomic E-state index is 12.7. The van der Waals surface area contributed by atoms with Crippen molar-refractivity contribution in [1.29, 1.82) is 0 Å². The third kappa shape index (κ3) is 2.94. The van der Waals surface area contributed by atoms with Gasteiger partial charge in [-0.05, 0) is 42.9 Å². The summed E-state index contributed by atoms with van der Waals surface area (Å²) in [5.74, 6) is 0. The van der Waals surface area contributed by atoms with E-state index in [1.54, 1.807) is 0 Å². The summed E-state index contributed by atoms with van der Waals surface area (Å²) in [6.07, 6.45) is 4.89. The Hall–Kier alpha value is -1.62. The van der Waals surface area contributed by atoms with Crippen molar-refractivity contribution in [2.45, 2.75) is 32.2 Å². The van der Waals surface area contributed by atoms with Gasteiger partial charge in [-0.3, -0.25) is 5.32 Å². The standard InChI is InChI=1S/C19H25N3O/c23-22(12-10-20-15-22)13-11-21-18-9-5-4-8-17(18)14-19(21)16-6-2-1-3-7-16/h1-3,6-7,14,20H,4-5,8-13,15H2. The number of hydrogen-bond donors (Lipinski definition) is 1. The van der Waals surface area contributed by atoms with E-state index < -0.39 is 0 Å². The number of nitrogens with one attached hydrogen (secondary N) is 1. The van der Waals surface area contributed by atoms with Crippen molar-refractivity contribution in [1.82, 2.24) is 9.88 Å². The van der Waals surface area contributed by atoms with Gasteiger partial charge in [0.05, 0.1) is 26.2 Å². The molecule has 0 saturated carbocycles. The molecule has 4 nitrogen and oxygen atoms in total. The highest BCUT2D eigenvalue weighted by Gasteiger charge is 2.24. The van der Waals surface area contributed by atoms with Gasteiger partial charge < -0.3 is 14.4 Å². The van der Waals surface area contributed by atoms with E-state index in [0.29, 0.717) is 19.8 Å². The van der Waals surface area contributed by atoms with Crippen LogP contribution in [0.2, 0.25) is 0 Å². The molecule has 2 aliphatic rings. The van der Waals surface area contributed by atoms with Crippen molar-refractivity contribution in [2.75, 3.05) is 26.3 Å². The zero-order chi connectivity index (χ0) is 15.7. The molecule has 1 aliphatic heterocycles. The molecule has 1 aliphatic carbocycles. The molecule has 1 fully saturated rings. The largest absolute Gasteiger partial charge is 0.632 e. The van der Waals surface area contributed by atoms with Crippen molar-refractivity contribution in [3.8, 4) is 11.3 Å². The summed E-state index contributed by atoms with van der Waals surface area (Å²) in [6, 6.07) is 13.0. The predicted molar refractivity (Wildman–Crippen MR) is 92.7 cm³/mol. The first kappa shape index (κ1) is 14.9. The van der Waals surface area contributed by atoms with E-state index in [-0.39, 0.29) is 4.65 Å². The average Bonchev–Trinajstić information content (AvgIpc) is 3.18. The van der Waals surface area contributed by atoms with Crippen LogP contribution in [0, 0.1) is 5.21 Å². The van der Waals surface area contributed by atoms with Gasteiger partial charge in [0.1, 0.15) is 6.67 Å². The third-order valence-corrected chi connectivity index (χ3v) is 5.30. The molecule has 23 heavy (non-hydrogen) atoms. The molecule has 2 aromatic rings. The molecule has 1 saturated heterocycles. The number of hydroxylamine groups is 3. The molecule has 2 heterocycles. The molecular weight excluding hydrogens is 286 g/mol. The number of benzene rings is 1. The Labute approximate surface area is 137 Å². The number of fused-ring (bicyclic) bond motifs is 1. The van der Waals surface area contributed by atoms with E-state index in [1.807, 2.05) is 0 Å². The summed E-state index contributed by atoms with van der Waals surface area (Å²) in [5, 5.41) is 15.9. The quantitative estimate of drug-likeness (QED) is 0.696. The molecule has 0 amide bonds. The first-order chi connectivity index (χ1) is 11.3. The Kier molecular flexibility index (Phi) is 3.97. The van der Waals surface area contributed by atoms with Crippen LogP contribution in [0.1, 0.15) is 24.1 Å². The first-order valence-electron chi connectivity index (χ1n) is 8.80. The highest BCUT2D eigenvalue weighted by Crippen LogP contribution is 2.31. The zero-order valence-corrected chi connectivity index (χ0v) is 13.6. The highest BCUT2D eigenvalue weighted by atomic mass is 16.5. The molecule has 4 heteroatoms. The molecule has 1 aromatic carbocycles. The number of rotatable bonds is 4. The van der Waals surface area contributed by atoms with Crippen LogP contribution in [-0.4, -0.2) is 35.5 Å². The minimum Gasteiger partial charge on any atom is -0.632 e. The summed E-state index contributed by atoms with van der Waals surface area (Å²) >= 11 is 0. The Bertz CT molecular complexity index is 671. The summed E-state index contributed by atoms with van der Waals surface area (Å²) in [4.78, 5) is 0. The fourth-order valence-electron chi connectivity index (χ4n) is 3.99. The van der Waals surface area contributed by atoms with Gasteiger partial charge >= 0.3 is 0 Å². The minimum absolute atomic E-state index is 0.0960. The molecule has 0 bridgehead atoms. The van der Waals surface area contributed by atoms with Crippen LogP contribution in [0.15, 0.2) is 36.4 Å². The lowest BCUT2D eigenvalue weighted by atomic mass is 9.98. The molecule has 1 unspecified atom stereocenters. The summed E-state index contributed by atoms with van der Waals surface area (Å²) in [7, 11) is 0. The molecule has 1 atom stereocenters. The van der Waals surface area contributed by atoms with Gasteiger partial charge in [0.25, 0.3) is 0 Å². The van der Waals surface area contributed by atoms with E-state index in [4.69, 9.17) is 0 Å². The van der Waals surface area contributed by atoms with Crippen molar-refractivity contribution >= 4 is 0 Å². The van der Waals surface area contributed by atoms with E-state index in [9.17, 15) is 5.21 Å². The van der Waals surface area contributed by atoms with Crippen molar-refractivity contribution in [3.63, 3.8) is 0 Å². The summed E-state index contributed by atoms with van der Waals surface area (Å²) < 4.78 is 2.33. The normalized spacial score (nSPS) is 23.9. The van der Waals surface area contributed by atoms with Crippen molar-refractivity contribution in [3.05, 3.63) is 52.9 Å². The van der Waals surface area contributed by atoms with E-state index in [0.717, 1.165) is 19.5 Å². The van der Waals surface area contributed by atoms with Gasteiger partial charge in [0.2, 0.25) is 0 Å². The van der Waals surface area contributed by atoms with Crippen LogP contribution in [0.4, 0.5) is 0 Å². The lowest BCUT2D eigenvalue weighted by molar-refractivity contribution is -0.869. The molecule has 0 spiro atoms. The average molecular weight is 311 g/mol. The maximum atomic E-state index is 12.7. The van der Waals surface area contributed by atoms with Crippen LogP contribution >= 0.6 is 0 Å². The second-order valence-electron chi connectivity index (χ2n) is 6.89. The summed E-state index contributed by atoms with van der Waals surface area (Å²) in [6.45, 7) is 3.59. The highest BCUT2D eigenvalue weighted by molar-refractivity contribution is 5.62. The van der Waals surface area contributed by atoms with Gasteiger partial charge in [-0.15, -0.1) is 0 Å². The summed E-state index contributed by atoms with van der Waals surface area (Å²) in [5.41, 5.74) is 5.51. The SMILES string of the molecule is [O-][N+]1(CCn2c(-c3ccccc3)cc3c2CCCC3)CCNC1. The molecular formula is C19H25N3O. The Morgan fingerprint density at radius 3 is 2.74 bits per heavy atom. The Morgan fingerprint density at radius 1 is 1.13 bits per heavy atom. The van der Waals surface area contributed by atoms with Crippen molar-refractivity contribution in [2.24, 2.45) is 0 Å². The Morgan fingerprint density at radius 2 is 1.96 bits per heavy atom. The van der Waals surface area contributed by atoms with E-state index >= 15 is 0 Å². The minimum atomic E-state index is -0.0960. The van der Waals surface area contributed by atoms with Gasteiger partial charge in [0, 0.05) is 11.4 Å². The Balaban J connectivity index is 1.67. The van der Waals surface area contributed by atoms with E-state index in [1.165, 1.54) is 41.8 Å². The second-order valence-corrected chi connectivity index (χ2v) is 6.89. The monoisotopic (exact) mass is 311 g/mol. The third-order valence-electron chi connectivity index (χ3n) is 5.30. The predicted octanol–water partition coefficient (Wildman–Crippen LogP) is 2.91. The van der Waals surface area contributed by atoms with E-state index in [2.05, 4.69) is 46.3 Å². The smallest absolute Gasteiger partial charge is 0.132 e. The van der Waals surface area contributed by atoms with Gasteiger partial charge in [-0.1, -0.05) is 30.3 Å². The van der Waals surface area contributed by atoms with Gasteiger partial charge in [-0.25, -0.2) is 0 Å². The lowest BCUT2D eigenvalue weighted by Crippen LogP contribution is -2.43. The molecule has 4 rings (SSSR count). The van der Waals surface area contributed by atoms with Crippen LogP contribution < -0.4 is 5.32 Å². The van der Waals surface area contributed by atoms with Crippen LogP contribution in [-0.2, 0) is 19.4 Å². The molecule has 0 radical (unpaired) electrons. The number of aromatic nitrogens is 1. The zero-order valence-electron chi connectivity index (χ0n) is 13.6. The van der Waals surface area contributed by atoms with Gasteiger partial charge in [0.15, 0.2) is 0 Å². The van der Waals surface area contributed by atoms with Crippen LogP contribution in [0.3, 0.4) is 0 Å². The molecule has 1 N–H and O–H groups in total. The van der Waals surface area contributed by atoms with Crippen LogP contribution in [0.25, 0.3) is 11.3 Å². The fourth-order valence-corrected chi connectivity index (χ4v) is 3.99. The number of aryl methyl sites for hydroxylation is 1. The number of nitrogens with zero attached hydrogens (tertiary/aromatic N) is 2. The van der Waals surface area contributed by atoms with Gasteiger partial charge in [-0.2, -0.15) is 0 Å². The fraction of sp³-hybridized carbons (Fsp3) is 0.474. The second kappa shape index (κ2) is 6.11.